The molecular weight excluding hydrogens is 437 g/mol. The number of hydrogen-bond acceptors (Lipinski definition) is 6. The highest BCUT2D eigenvalue weighted by atomic mass is 35.5. The van der Waals surface area contributed by atoms with E-state index in [4.69, 9.17) is 5.26 Å². The topological polar surface area (TPSA) is 85.2 Å². The van der Waals surface area contributed by atoms with Gasteiger partial charge in [-0.3, -0.25) is 4.79 Å². The standard InChI is InChI=1S/C19H24F2N6O.2ClH/c1-18(25-11-16(28)26-12-19(20,21)9-15(26)10-22)7-13-3-4-14(8-18)27(13)17-23-5-2-6-24-17;;/h2,5-6,13-15,25H,3-4,7-9,11-12H2,1H3;2*1H/t13-,14-,15?;;/m0../s1. The summed E-state index contributed by atoms with van der Waals surface area (Å²) in [6, 6.07) is 3.14. The maximum atomic E-state index is 13.6. The summed E-state index contributed by atoms with van der Waals surface area (Å²) in [6.45, 7) is 1.37. The average Bonchev–Trinajstić information content (AvgIpc) is 3.14. The molecule has 0 saturated carbocycles. The molecule has 1 aromatic heterocycles. The molecule has 4 rings (SSSR count). The number of alkyl halides is 2. The molecule has 2 bridgehead atoms. The van der Waals surface area contributed by atoms with Gasteiger partial charge in [0.25, 0.3) is 5.92 Å². The molecule has 1 aromatic rings. The van der Waals surface area contributed by atoms with Crippen LogP contribution in [0.2, 0.25) is 0 Å². The highest BCUT2D eigenvalue weighted by Crippen LogP contribution is 2.42. The van der Waals surface area contributed by atoms with Crippen LogP contribution in [-0.2, 0) is 4.79 Å². The number of amides is 1. The number of likely N-dealkylation sites (tertiary alicyclic amines) is 1. The van der Waals surface area contributed by atoms with E-state index in [1.54, 1.807) is 18.5 Å². The zero-order valence-electron chi connectivity index (χ0n) is 16.6. The van der Waals surface area contributed by atoms with E-state index in [1.165, 1.54) is 0 Å². The summed E-state index contributed by atoms with van der Waals surface area (Å²) in [6.07, 6.45) is 6.64. The van der Waals surface area contributed by atoms with Crippen LogP contribution in [0.15, 0.2) is 18.5 Å². The molecule has 11 heteroatoms. The molecular formula is C19H26Cl2F2N6O. The van der Waals surface area contributed by atoms with Crippen LogP contribution in [-0.4, -0.2) is 63.5 Å². The molecule has 30 heavy (non-hydrogen) atoms. The summed E-state index contributed by atoms with van der Waals surface area (Å²) in [5, 5.41) is 12.4. The van der Waals surface area contributed by atoms with Crippen LogP contribution < -0.4 is 10.2 Å². The molecule has 3 saturated heterocycles. The maximum absolute atomic E-state index is 13.6. The quantitative estimate of drug-likeness (QED) is 0.739. The van der Waals surface area contributed by atoms with Crippen molar-refractivity contribution < 1.29 is 13.6 Å². The van der Waals surface area contributed by atoms with Gasteiger partial charge in [-0.1, -0.05) is 0 Å². The predicted molar refractivity (Wildman–Crippen MR) is 112 cm³/mol. The number of aromatic nitrogens is 2. The van der Waals surface area contributed by atoms with Crippen molar-refractivity contribution in [1.29, 1.82) is 5.26 Å². The number of fused-ring (bicyclic) bond motifs is 2. The summed E-state index contributed by atoms with van der Waals surface area (Å²) >= 11 is 0. The van der Waals surface area contributed by atoms with E-state index >= 15 is 0 Å². The van der Waals surface area contributed by atoms with Gasteiger partial charge in [0.2, 0.25) is 11.9 Å². The van der Waals surface area contributed by atoms with E-state index in [2.05, 4.69) is 27.1 Å². The van der Waals surface area contributed by atoms with Crippen LogP contribution in [0.3, 0.4) is 0 Å². The Hall–Kier alpha value is -1.76. The van der Waals surface area contributed by atoms with Gasteiger partial charge in [-0.2, -0.15) is 5.26 Å². The van der Waals surface area contributed by atoms with Crippen molar-refractivity contribution in [3.8, 4) is 6.07 Å². The van der Waals surface area contributed by atoms with Gasteiger partial charge < -0.3 is 15.1 Å². The molecule has 1 unspecified atom stereocenters. The summed E-state index contributed by atoms with van der Waals surface area (Å²) < 4.78 is 27.2. The van der Waals surface area contributed by atoms with Gasteiger partial charge in [-0.05, 0) is 38.7 Å². The lowest BCUT2D eigenvalue weighted by Crippen LogP contribution is -2.58. The second-order valence-corrected chi connectivity index (χ2v) is 8.39. The number of piperidine rings is 1. The number of halogens is 4. The third-order valence-corrected chi connectivity index (χ3v) is 6.18. The number of hydrogen-bond donors (Lipinski definition) is 1. The van der Waals surface area contributed by atoms with Gasteiger partial charge in [-0.15, -0.1) is 24.8 Å². The zero-order chi connectivity index (χ0) is 19.9. The lowest BCUT2D eigenvalue weighted by atomic mass is 9.84. The highest BCUT2D eigenvalue weighted by Gasteiger charge is 2.49. The highest BCUT2D eigenvalue weighted by molar-refractivity contribution is 5.85. The molecule has 1 amide bonds. The first-order valence-electron chi connectivity index (χ1n) is 9.68. The minimum absolute atomic E-state index is 0. The SMILES string of the molecule is CC1(NCC(=O)N2CC(F)(F)CC2C#N)C[C@@H]2CC[C@@H](C1)N2c1ncccn1.Cl.Cl. The van der Waals surface area contributed by atoms with Crippen LogP contribution in [0.1, 0.15) is 39.0 Å². The number of carbonyl (C=O) groups excluding carboxylic acids is 1. The number of nitrogens with zero attached hydrogens (tertiary/aromatic N) is 5. The first kappa shape index (κ1) is 24.5. The smallest absolute Gasteiger partial charge is 0.268 e. The maximum Gasteiger partial charge on any atom is 0.268 e. The molecule has 3 atom stereocenters. The van der Waals surface area contributed by atoms with E-state index in [-0.39, 0.29) is 49.0 Å². The lowest BCUT2D eigenvalue weighted by Gasteiger charge is -2.45. The molecule has 1 N–H and O–H groups in total. The van der Waals surface area contributed by atoms with E-state index in [0.717, 1.165) is 36.5 Å². The van der Waals surface area contributed by atoms with E-state index < -0.39 is 30.8 Å². The third kappa shape index (κ3) is 4.76. The molecule has 0 aliphatic carbocycles. The van der Waals surface area contributed by atoms with E-state index in [1.807, 2.05) is 6.07 Å². The number of carbonyl (C=O) groups is 1. The predicted octanol–water partition coefficient (Wildman–Crippen LogP) is 2.56. The number of nitrogens with one attached hydrogen (secondary N) is 1. The Morgan fingerprint density at radius 2 is 1.83 bits per heavy atom. The molecule has 7 nitrogen and oxygen atoms in total. The van der Waals surface area contributed by atoms with Crippen molar-refractivity contribution in [1.82, 2.24) is 20.2 Å². The van der Waals surface area contributed by atoms with Crippen LogP contribution in [0.25, 0.3) is 0 Å². The lowest BCUT2D eigenvalue weighted by molar-refractivity contribution is -0.132. The molecule has 4 heterocycles. The molecule has 0 spiro atoms. The summed E-state index contributed by atoms with van der Waals surface area (Å²) in [4.78, 5) is 24.5. The Morgan fingerprint density at radius 3 is 2.40 bits per heavy atom. The van der Waals surface area contributed by atoms with Gasteiger partial charge in [-0.25, -0.2) is 18.7 Å². The molecule has 3 fully saturated rings. The molecule has 166 valence electrons. The average molecular weight is 463 g/mol. The van der Waals surface area contributed by atoms with E-state index in [0.29, 0.717) is 0 Å². The first-order chi connectivity index (χ1) is 13.3. The van der Waals surface area contributed by atoms with Crippen molar-refractivity contribution in [3.63, 3.8) is 0 Å². The minimum atomic E-state index is -2.99. The largest absolute Gasteiger partial charge is 0.335 e. The molecule has 3 aliphatic rings. The second-order valence-electron chi connectivity index (χ2n) is 8.39. The summed E-state index contributed by atoms with van der Waals surface area (Å²) in [7, 11) is 0. The van der Waals surface area contributed by atoms with Crippen molar-refractivity contribution in [2.45, 2.75) is 68.6 Å². The van der Waals surface area contributed by atoms with Gasteiger partial charge in [0.1, 0.15) is 6.04 Å². The van der Waals surface area contributed by atoms with Crippen molar-refractivity contribution >= 4 is 36.7 Å². The van der Waals surface area contributed by atoms with Gasteiger partial charge >= 0.3 is 0 Å². The fraction of sp³-hybridized carbons (Fsp3) is 0.684. The van der Waals surface area contributed by atoms with E-state index in [9.17, 15) is 13.6 Å². The Bertz CT molecular complexity index is 779. The number of anilines is 1. The fourth-order valence-corrected chi connectivity index (χ4v) is 4.97. The van der Waals surface area contributed by atoms with Gasteiger partial charge in [0, 0.05) is 36.4 Å². The normalized spacial score (nSPS) is 31.5. The Labute approximate surface area is 187 Å². The minimum Gasteiger partial charge on any atom is -0.335 e. The third-order valence-electron chi connectivity index (χ3n) is 6.18. The monoisotopic (exact) mass is 462 g/mol. The molecule has 3 aliphatic heterocycles. The number of rotatable bonds is 4. The summed E-state index contributed by atoms with van der Waals surface area (Å²) in [5.41, 5.74) is -0.267. The zero-order valence-corrected chi connectivity index (χ0v) is 18.3. The Balaban J connectivity index is 0.00000160. The Morgan fingerprint density at radius 1 is 1.23 bits per heavy atom. The van der Waals surface area contributed by atoms with Gasteiger partial charge in [0.05, 0.1) is 19.2 Å². The van der Waals surface area contributed by atoms with Crippen molar-refractivity contribution in [3.05, 3.63) is 18.5 Å². The summed E-state index contributed by atoms with van der Waals surface area (Å²) in [5.74, 6) is -2.68. The van der Waals surface area contributed by atoms with Crippen LogP contribution in [0, 0.1) is 11.3 Å². The van der Waals surface area contributed by atoms with Crippen molar-refractivity contribution in [2.75, 3.05) is 18.0 Å². The fourth-order valence-electron chi connectivity index (χ4n) is 4.97. The molecule has 0 aromatic carbocycles. The number of nitriles is 1. The second kappa shape index (κ2) is 9.16. The van der Waals surface area contributed by atoms with Gasteiger partial charge in [0.15, 0.2) is 0 Å². The molecule has 0 radical (unpaired) electrons. The van der Waals surface area contributed by atoms with Crippen molar-refractivity contribution in [2.24, 2.45) is 0 Å². The van der Waals surface area contributed by atoms with Crippen LogP contribution in [0.4, 0.5) is 14.7 Å². The van der Waals surface area contributed by atoms with Crippen LogP contribution in [0.5, 0.6) is 0 Å². The first-order valence-corrected chi connectivity index (χ1v) is 9.68. The van der Waals surface area contributed by atoms with Crippen LogP contribution >= 0.6 is 24.8 Å². The Kier molecular flexibility index (Phi) is 7.49.